The van der Waals surface area contributed by atoms with Gasteiger partial charge in [-0.3, -0.25) is 4.79 Å². The highest BCUT2D eigenvalue weighted by molar-refractivity contribution is 5.97. The number of rotatable bonds is 3. The van der Waals surface area contributed by atoms with Gasteiger partial charge in [-0.2, -0.15) is 0 Å². The number of hydrogen-bond donors (Lipinski definition) is 1. The highest BCUT2D eigenvalue weighted by Crippen LogP contribution is 2.12. The van der Waals surface area contributed by atoms with Gasteiger partial charge in [-0.05, 0) is 32.0 Å². The maximum absolute atomic E-state index is 11.5. The summed E-state index contributed by atoms with van der Waals surface area (Å²) in [6, 6.07) is 5.90. The molecule has 14 heavy (non-hydrogen) atoms. The lowest BCUT2D eigenvalue weighted by Gasteiger charge is -2.04. The van der Waals surface area contributed by atoms with Crippen molar-refractivity contribution >= 4 is 18.2 Å². The molecule has 3 heteroatoms. The molecule has 0 heterocycles. The molecule has 2 nitrogen and oxygen atoms in total. The summed E-state index contributed by atoms with van der Waals surface area (Å²) in [5, 5.41) is 0. The lowest BCUT2D eigenvalue weighted by atomic mass is 10.0. The van der Waals surface area contributed by atoms with Crippen LogP contribution >= 0.6 is 12.4 Å². The molecule has 78 valence electrons. The minimum Gasteiger partial charge on any atom is -0.330 e. The fourth-order valence-electron chi connectivity index (χ4n) is 1.30. The highest BCUT2D eigenvalue weighted by Gasteiger charge is 2.07. The second kappa shape index (κ2) is 5.78. The fourth-order valence-corrected chi connectivity index (χ4v) is 1.30. The first-order valence-electron chi connectivity index (χ1n) is 4.45. The molecule has 0 aliphatic carbocycles. The molecule has 1 aromatic rings. The molecule has 0 spiro atoms. The Morgan fingerprint density at radius 1 is 1.36 bits per heavy atom. The fraction of sp³-hybridized carbons (Fsp3) is 0.364. The van der Waals surface area contributed by atoms with Crippen molar-refractivity contribution in [3.8, 4) is 0 Å². The first-order valence-corrected chi connectivity index (χ1v) is 4.45. The van der Waals surface area contributed by atoms with Crippen LogP contribution in [-0.4, -0.2) is 12.3 Å². The molecular weight excluding hydrogens is 198 g/mol. The molecule has 1 rings (SSSR count). The average Bonchev–Trinajstić information content (AvgIpc) is 2.09. The molecule has 1 aromatic carbocycles. The van der Waals surface area contributed by atoms with Crippen LogP contribution in [0.1, 0.15) is 27.9 Å². The van der Waals surface area contributed by atoms with Crippen LogP contribution in [0.4, 0.5) is 0 Å². The normalized spacial score (nSPS) is 9.36. The summed E-state index contributed by atoms with van der Waals surface area (Å²) >= 11 is 0. The van der Waals surface area contributed by atoms with Crippen molar-refractivity contribution < 1.29 is 4.79 Å². The third-order valence-corrected chi connectivity index (χ3v) is 2.06. The van der Waals surface area contributed by atoms with E-state index in [-0.39, 0.29) is 18.2 Å². The molecule has 0 aliphatic heterocycles. The summed E-state index contributed by atoms with van der Waals surface area (Å²) in [5.74, 6) is 0.142. The quantitative estimate of drug-likeness (QED) is 0.783. The third kappa shape index (κ3) is 3.13. The third-order valence-electron chi connectivity index (χ3n) is 2.06. The molecule has 2 N–H and O–H groups in total. The van der Waals surface area contributed by atoms with Gasteiger partial charge in [0.2, 0.25) is 0 Å². The van der Waals surface area contributed by atoms with Crippen molar-refractivity contribution in [1.82, 2.24) is 0 Å². The van der Waals surface area contributed by atoms with Crippen LogP contribution in [-0.2, 0) is 0 Å². The Morgan fingerprint density at radius 2 is 2.00 bits per heavy atom. The number of carbonyl (C=O) groups excluding carboxylic acids is 1. The Labute approximate surface area is 90.9 Å². The van der Waals surface area contributed by atoms with E-state index in [0.29, 0.717) is 13.0 Å². The van der Waals surface area contributed by atoms with Crippen molar-refractivity contribution in [1.29, 1.82) is 0 Å². The molecular formula is C11H16ClNO. The summed E-state index contributed by atoms with van der Waals surface area (Å²) in [7, 11) is 0. The molecule has 0 aliphatic rings. The number of hydrogen-bond acceptors (Lipinski definition) is 2. The Hall–Kier alpha value is -0.860. The molecule has 0 atom stereocenters. The SMILES string of the molecule is Cc1ccc(C)c(C(=O)CCN)c1.Cl. The summed E-state index contributed by atoms with van der Waals surface area (Å²) in [6.45, 7) is 4.36. The molecule has 0 fully saturated rings. The second-order valence-corrected chi connectivity index (χ2v) is 3.28. The van der Waals surface area contributed by atoms with Crippen LogP contribution in [0.15, 0.2) is 18.2 Å². The first kappa shape index (κ1) is 13.1. The molecule has 0 saturated heterocycles. The molecule has 0 amide bonds. The van der Waals surface area contributed by atoms with E-state index in [2.05, 4.69) is 0 Å². The predicted octanol–water partition coefficient (Wildman–Crippen LogP) is 2.26. The number of aryl methyl sites for hydroxylation is 2. The van der Waals surface area contributed by atoms with Crippen LogP contribution in [0.5, 0.6) is 0 Å². The van der Waals surface area contributed by atoms with Gasteiger partial charge in [0.15, 0.2) is 5.78 Å². The van der Waals surface area contributed by atoms with Crippen molar-refractivity contribution in [2.24, 2.45) is 5.73 Å². The molecule has 0 radical (unpaired) electrons. The van der Waals surface area contributed by atoms with Crippen molar-refractivity contribution in [3.05, 3.63) is 34.9 Å². The van der Waals surface area contributed by atoms with Crippen LogP contribution in [0, 0.1) is 13.8 Å². The minimum atomic E-state index is 0. The summed E-state index contributed by atoms with van der Waals surface area (Å²) < 4.78 is 0. The van der Waals surface area contributed by atoms with E-state index in [1.165, 1.54) is 0 Å². The van der Waals surface area contributed by atoms with E-state index in [1.54, 1.807) is 0 Å². The first-order chi connectivity index (χ1) is 6.15. The monoisotopic (exact) mass is 213 g/mol. The number of benzene rings is 1. The standard InChI is InChI=1S/C11H15NO.ClH/c1-8-3-4-9(2)10(7-8)11(13)5-6-12;/h3-4,7H,5-6,12H2,1-2H3;1H. The van der Waals surface area contributed by atoms with E-state index in [4.69, 9.17) is 5.73 Å². The average molecular weight is 214 g/mol. The van der Waals surface area contributed by atoms with Crippen LogP contribution in [0.2, 0.25) is 0 Å². The number of nitrogens with two attached hydrogens (primary N) is 1. The van der Waals surface area contributed by atoms with Crippen LogP contribution < -0.4 is 5.73 Å². The second-order valence-electron chi connectivity index (χ2n) is 3.28. The largest absolute Gasteiger partial charge is 0.330 e. The van der Waals surface area contributed by atoms with Gasteiger partial charge in [-0.15, -0.1) is 12.4 Å². The lowest BCUT2D eigenvalue weighted by Crippen LogP contribution is -2.09. The Morgan fingerprint density at radius 3 is 2.57 bits per heavy atom. The summed E-state index contributed by atoms with van der Waals surface area (Å²) in [6.07, 6.45) is 0.435. The van der Waals surface area contributed by atoms with E-state index in [0.717, 1.165) is 16.7 Å². The van der Waals surface area contributed by atoms with E-state index in [1.807, 2.05) is 32.0 Å². The van der Waals surface area contributed by atoms with E-state index < -0.39 is 0 Å². The van der Waals surface area contributed by atoms with Gasteiger partial charge < -0.3 is 5.73 Å². The summed E-state index contributed by atoms with van der Waals surface area (Å²) in [5.41, 5.74) is 8.29. The molecule has 0 saturated carbocycles. The Balaban J connectivity index is 0.00000169. The number of halogens is 1. The summed E-state index contributed by atoms with van der Waals surface area (Å²) in [4.78, 5) is 11.5. The zero-order chi connectivity index (χ0) is 9.84. The topological polar surface area (TPSA) is 43.1 Å². The van der Waals surface area contributed by atoms with Crippen molar-refractivity contribution in [2.45, 2.75) is 20.3 Å². The van der Waals surface area contributed by atoms with Gasteiger partial charge in [0.1, 0.15) is 0 Å². The van der Waals surface area contributed by atoms with E-state index >= 15 is 0 Å². The Bertz CT molecular complexity index is 323. The van der Waals surface area contributed by atoms with Crippen LogP contribution in [0.3, 0.4) is 0 Å². The van der Waals surface area contributed by atoms with Crippen molar-refractivity contribution in [2.75, 3.05) is 6.54 Å². The minimum absolute atomic E-state index is 0. The molecule has 0 bridgehead atoms. The van der Waals surface area contributed by atoms with Crippen molar-refractivity contribution in [3.63, 3.8) is 0 Å². The Kier molecular flexibility index (Phi) is 5.43. The zero-order valence-corrected chi connectivity index (χ0v) is 9.36. The smallest absolute Gasteiger partial charge is 0.164 e. The molecule has 0 aromatic heterocycles. The number of carbonyl (C=O) groups is 1. The van der Waals surface area contributed by atoms with Gasteiger partial charge in [-0.1, -0.05) is 17.7 Å². The lowest BCUT2D eigenvalue weighted by molar-refractivity contribution is 0.0985. The maximum atomic E-state index is 11.5. The van der Waals surface area contributed by atoms with Gasteiger partial charge in [0.05, 0.1) is 0 Å². The number of ketones is 1. The number of Topliss-reactive ketones (excluding diaryl/α,β-unsaturated/α-hetero) is 1. The zero-order valence-electron chi connectivity index (χ0n) is 8.54. The van der Waals surface area contributed by atoms with Gasteiger partial charge in [0.25, 0.3) is 0 Å². The maximum Gasteiger partial charge on any atom is 0.164 e. The van der Waals surface area contributed by atoms with Crippen LogP contribution in [0.25, 0.3) is 0 Å². The van der Waals surface area contributed by atoms with E-state index in [9.17, 15) is 4.79 Å². The highest BCUT2D eigenvalue weighted by atomic mass is 35.5. The van der Waals surface area contributed by atoms with Gasteiger partial charge >= 0.3 is 0 Å². The predicted molar refractivity (Wildman–Crippen MR) is 61.2 cm³/mol. The molecule has 0 unspecified atom stereocenters. The van der Waals surface area contributed by atoms with Gasteiger partial charge in [0, 0.05) is 12.0 Å². The van der Waals surface area contributed by atoms with Gasteiger partial charge in [-0.25, -0.2) is 0 Å².